The van der Waals surface area contributed by atoms with Gasteiger partial charge >= 0.3 is 5.97 Å². The van der Waals surface area contributed by atoms with E-state index in [2.05, 4.69) is 24.1 Å². The summed E-state index contributed by atoms with van der Waals surface area (Å²) < 4.78 is 0. The van der Waals surface area contributed by atoms with Gasteiger partial charge in [0.05, 0.1) is 0 Å². The van der Waals surface area contributed by atoms with Gasteiger partial charge < -0.3 is 15.3 Å². The van der Waals surface area contributed by atoms with Crippen LogP contribution in [0.2, 0.25) is 0 Å². The maximum absolute atomic E-state index is 11.3. The van der Waals surface area contributed by atoms with Crippen LogP contribution in [-0.4, -0.2) is 47.7 Å². The molecule has 0 spiro atoms. The third-order valence-corrected chi connectivity index (χ3v) is 3.63. The lowest BCUT2D eigenvalue weighted by atomic mass is 9.93. The number of carboxylic acids is 1. The van der Waals surface area contributed by atoms with Crippen LogP contribution in [0.5, 0.6) is 0 Å². The van der Waals surface area contributed by atoms with E-state index >= 15 is 0 Å². The summed E-state index contributed by atoms with van der Waals surface area (Å²) in [7, 11) is 0. The Morgan fingerprint density at radius 3 is 2.06 bits per heavy atom. The van der Waals surface area contributed by atoms with Crippen molar-refractivity contribution in [3.8, 4) is 0 Å². The zero-order valence-electron chi connectivity index (χ0n) is 11.8. The molecular formula is C13H28N2O2. The van der Waals surface area contributed by atoms with Crippen molar-refractivity contribution in [1.29, 1.82) is 0 Å². The molecule has 0 saturated carbocycles. The Hall–Kier alpha value is -0.610. The van der Waals surface area contributed by atoms with Gasteiger partial charge in [0.15, 0.2) is 0 Å². The maximum Gasteiger partial charge on any atom is 0.323 e. The molecule has 0 aliphatic carbocycles. The number of nitrogens with zero attached hydrogens (tertiary/aromatic N) is 1. The van der Waals surface area contributed by atoms with Gasteiger partial charge in [0.1, 0.15) is 5.54 Å². The molecule has 0 aromatic heterocycles. The third kappa shape index (κ3) is 5.04. The minimum atomic E-state index is -0.733. The first-order chi connectivity index (χ1) is 8.06. The summed E-state index contributed by atoms with van der Waals surface area (Å²) in [5.74, 6) is -0.731. The van der Waals surface area contributed by atoms with Crippen LogP contribution in [0.25, 0.3) is 0 Å². The molecule has 0 fully saturated rings. The summed E-state index contributed by atoms with van der Waals surface area (Å²) in [5, 5.41) is 12.5. The van der Waals surface area contributed by atoms with Crippen molar-refractivity contribution in [3.63, 3.8) is 0 Å². The molecule has 0 amide bonds. The number of aliphatic carboxylic acids is 1. The van der Waals surface area contributed by atoms with E-state index in [-0.39, 0.29) is 0 Å². The van der Waals surface area contributed by atoms with E-state index in [0.29, 0.717) is 12.8 Å². The summed E-state index contributed by atoms with van der Waals surface area (Å²) >= 11 is 0. The number of carbonyl (C=O) groups is 1. The highest BCUT2D eigenvalue weighted by Gasteiger charge is 2.33. The molecular weight excluding hydrogens is 216 g/mol. The molecule has 0 aromatic carbocycles. The van der Waals surface area contributed by atoms with Crippen molar-refractivity contribution < 1.29 is 9.90 Å². The van der Waals surface area contributed by atoms with Gasteiger partial charge in [-0.3, -0.25) is 4.79 Å². The highest BCUT2D eigenvalue weighted by Crippen LogP contribution is 2.15. The zero-order valence-corrected chi connectivity index (χ0v) is 11.8. The van der Waals surface area contributed by atoms with E-state index in [1.54, 1.807) is 0 Å². The van der Waals surface area contributed by atoms with Crippen LogP contribution in [0, 0.1) is 0 Å². The van der Waals surface area contributed by atoms with Gasteiger partial charge in [-0.1, -0.05) is 27.7 Å². The van der Waals surface area contributed by atoms with Crippen LogP contribution in [0.4, 0.5) is 0 Å². The molecule has 0 aliphatic heterocycles. The van der Waals surface area contributed by atoms with Gasteiger partial charge in [-0.25, -0.2) is 0 Å². The second kappa shape index (κ2) is 8.48. The smallest absolute Gasteiger partial charge is 0.323 e. The summed E-state index contributed by atoms with van der Waals surface area (Å²) in [6.07, 6.45) is 2.25. The van der Waals surface area contributed by atoms with Crippen LogP contribution < -0.4 is 5.32 Å². The predicted octanol–water partition coefficient (Wildman–Crippen LogP) is 1.95. The molecule has 0 rings (SSSR count). The lowest BCUT2D eigenvalue weighted by Gasteiger charge is -2.28. The number of carboxylic acid groups (broad SMARTS) is 1. The van der Waals surface area contributed by atoms with Gasteiger partial charge in [-0.05, 0) is 45.4 Å². The molecule has 4 nitrogen and oxygen atoms in total. The molecule has 0 radical (unpaired) electrons. The van der Waals surface area contributed by atoms with Crippen LogP contribution in [0.3, 0.4) is 0 Å². The van der Waals surface area contributed by atoms with Gasteiger partial charge in [0.2, 0.25) is 0 Å². The zero-order chi connectivity index (χ0) is 13.3. The summed E-state index contributed by atoms with van der Waals surface area (Å²) in [6, 6.07) is 0. The number of nitrogens with one attached hydrogen (secondary N) is 1. The summed E-state index contributed by atoms with van der Waals surface area (Å²) in [4.78, 5) is 13.6. The van der Waals surface area contributed by atoms with E-state index in [0.717, 1.165) is 32.6 Å². The highest BCUT2D eigenvalue weighted by atomic mass is 16.4. The lowest BCUT2D eigenvalue weighted by Crippen LogP contribution is -2.51. The average Bonchev–Trinajstić information content (AvgIpc) is 2.34. The van der Waals surface area contributed by atoms with Crippen molar-refractivity contribution >= 4 is 5.97 Å². The molecule has 2 N–H and O–H groups in total. The van der Waals surface area contributed by atoms with Crippen LogP contribution >= 0.6 is 0 Å². The molecule has 0 atom stereocenters. The fourth-order valence-corrected chi connectivity index (χ4v) is 2.05. The van der Waals surface area contributed by atoms with Gasteiger partial charge in [-0.2, -0.15) is 0 Å². The van der Waals surface area contributed by atoms with Crippen molar-refractivity contribution in [2.45, 2.75) is 52.5 Å². The largest absolute Gasteiger partial charge is 0.480 e. The van der Waals surface area contributed by atoms with E-state index in [1.165, 1.54) is 0 Å². The maximum atomic E-state index is 11.3. The predicted molar refractivity (Wildman–Crippen MR) is 71.4 cm³/mol. The minimum absolute atomic E-state index is 0.629. The molecule has 0 heterocycles. The normalized spacial score (nSPS) is 12.1. The molecule has 102 valence electrons. The van der Waals surface area contributed by atoms with E-state index in [1.807, 2.05) is 13.8 Å². The van der Waals surface area contributed by atoms with Crippen molar-refractivity contribution in [1.82, 2.24) is 10.2 Å². The van der Waals surface area contributed by atoms with Crippen molar-refractivity contribution in [2.75, 3.05) is 26.2 Å². The minimum Gasteiger partial charge on any atom is -0.480 e. The second-order valence-corrected chi connectivity index (χ2v) is 4.40. The van der Waals surface area contributed by atoms with Crippen LogP contribution in [0.1, 0.15) is 47.0 Å². The first-order valence-corrected chi connectivity index (χ1v) is 6.77. The van der Waals surface area contributed by atoms with Crippen LogP contribution in [-0.2, 0) is 4.79 Å². The Morgan fingerprint density at radius 1 is 1.18 bits per heavy atom. The number of rotatable bonds is 10. The average molecular weight is 244 g/mol. The van der Waals surface area contributed by atoms with E-state index in [4.69, 9.17) is 0 Å². The van der Waals surface area contributed by atoms with Gasteiger partial charge in [0.25, 0.3) is 0 Å². The Kier molecular flexibility index (Phi) is 8.17. The monoisotopic (exact) mass is 244 g/mol. The molecule has 0 bridgehead atoms. The fourth-order valence-electron chi connectivity index (χ4n) is 2.05. The summed E-state index contributed by atoms with van der Waals surface area (Å²) in [5.41, 5.74) is -0.733. The van der Waals surface area contributed by atoms with Gasteiger partial charge in [-0.15, -0.1) is 0 Å². The van der Waals surface area contributed by atoms with E-state index < -0.39 is 11.5 Å². The first-order valence-electron chi connectivity index (χ1n) is 6.77. The Morgan fingerprint density at radius 2 is 1.71 bits per heavy atom. The standard InChI is InChI=1S/C13H28N2O2/c1-5-13(6-2,12(16)17)14-10-9-11-15(7-3)8-4/h14H,5-11H2,1-4H3,(H,16,17). The quantitative estimate of drug-likeness (QED) is 0.577. The molecule has 0 aliphatic rings. The summed E-state index contributed by atoms with van der Waals surface area (Å²) in [6.45, 7) is 12.1. The third-order valence-electron chi connectivity index (χ3n) is 3.63. The Labute approximate surface area is 105 Å². The Bertz CT molecular complexity index is 211. The molecule has 0 aromatic rings. The molecule has 4 heteroatoms. The molecule has 17 heavy (non-hydrogen) atoms. The van der Waals surface area contributed by atoms with Crippen molar-refractivity contribution in [2.24, 2.45) is 0 Å². The Balaban J connectivity index is 4.03. The lowest BCUT2D eigenvalue weighted by molar-refractivity contribution is -0.145. The SMILES string of the molecule is CCN(CC)CCCNC(CC)(CC)C(=O)O. The van der Waals surface area contributed by atoms with Gasteiger partial charge in [0, 0.05) is 0 Å². The second-order valence-electron chi connectivity index (χ2n) is 4.40. The van der Waals surface area contributed by atoms with Crippen LogP contribution in [0.15, 0.2) is 0 Å². The molecule has 0 unspecified atom stereocenters. The highest BCUT2D eigenvalue weighted by molar-refractivity contribution is 5.78. The van der Waals surface area contributed by atoms with Crippen molar-refractivity contribution in [3.05, 3.63) is 0 Å². The number of hydrogen-bond donors (Lipinski definition) is 2. The molecule has 0 saturated heterocycles. The van der Waals surface area contributed by atoms with E-state index in [9.17, 15) is 9.90 Å². The first kappa shape index (κ1) is 16.4. The number of hydrogen-bond acceptors (Lipinski definition) is 3. The fraction of sp³-hybridized carbons (Fsp3) is 0.923. The topological polar surface area (TPSA) is 52.6 Å².